The zero-order chi connectivity index (χ0) is 10.3. The number of aliphatic hydroxyl groups excluding tert-OH is 1. The normalized spacial score (nSPS) is 21.4. The maximum absolute atomic E-state index is 11.0. The molecular formula is C6H9N3O4S. The van der Waals surface area contributed by atoms with Gasteiger partial charge in [0, 0.05) is 0 Å². The summed E-state index contributed by atoms with van der Waals surface area (Å²) < 4.78 is 28.4. The molecule has 1 atom stereocenters. The van der Waals surface area contributed by atoms with E-state index in [2.05, 4.69) is 5.10 Å². The Hall–Kier alpha value is -1.12. The minimum absolute atomic E-state index is 0.0498. The average molecular weight is 219 g/mol. The summed E-state index contributed by atoms with van der Waals surface area (Å²) in [6.45, 7) is 0.263. The fourth-order valence-corrected chi connectivity index (χ4v) is 1.86. The molecule has 0 spiro atoms. The standard InChI is InChI=1S/C6H9N3O4S/c7-14(11,12)5-1-8-9-2-4(10)3-13-6(5)9/h1,4,10H,2-3H2,(H2,7,11,12)/t4-/m0/s1. The number of sulfonamides is 1. The first kappa shape index (κ1) is 9.44. The molecule has 8 heteroatoms. The van der Waals surface area contributed by atoms with Gasteiger partial charge in [-0.05, 0) is 0 Å². The molecule has 0 saturated carbocycles. The molecule has 1 aromatic rings. The molecule has 0 fully saturated rings. The van der Waals surface area contributed by atoms with E-state index in [4.69, 9.17) is 9.88 Å². The molecule has 1 aliphatic rings. The van der Waals surface area contributed by atoms with E-state index in [9.17, 15) is 13.5 Å². The summed E-state index contributed by atoms with van der Waals surface area (Å²) in [7, 11) is -3.81. The minimum atomic E-state index is -3.81. The van der Waals surface area contributed by atoms with Gasteiger partial charge in [-0.2, -0.15) is 5.10 Å². The SMILES string of the molecule is NS(=O)(=O)c1cnn2c1OC[C@@H](O)C2. The number of ether oxygens (including phenoxy) is 1. The zero-order valence-electron chi connectivity index (χ0n) is 7.12. The predicted molar refractivity (Wildman–Crippen MR) is 45.1 cm³/mol. The van der Waals surface area contributed by atoms with E-state index in [0.29, 0.717) is 0 Å². The third-order valence-corrected chi connectivity index (χ3v) is 2.76. The quantitative estimate of drug-likeness (QED) is 0.584. The van der Waals surface area contributed by atoms with Crippen molar-refractivity contribution in [3.05, 3.63) is 6.20 Å². The Balaban J connectivity index is 2.49. The molecule has 78 valence electrons. The Labute approximate surface area is 80.1 Å². The summed E-state index contributed by atoms with van der Waals surface area (Å²) in [4.78, 5) is -0.149. The summed E-state index contributed by atoms with van der Waals surface area (Å²) in [6, 6.07) is 0. The van der Waals surface area contributed by atoms with Gasteiger partial charge in [-0.3, -0.25) is 0 Å². The Morgan fingerprint density at radius 1 is 1.71 bits per heavy atom. The molecular weight excluding hydrogens is 210 g/mol. The third-order valence-electron chi connectivity index (χ3n) is 1.86. The predicted octanol–water partition coefficient (Wildman–Crippen LogP) is -1.72. The first-order chi connectivity index (χ1) is 6.48. The summed E-state index contributed by atoms with van der Waals surface area (Å²) in [5.41, 5.74) is 0. The van der Waals surface area contributed by atoms with Crippen LogP contribution in [0.5, 0.6) is 5.88 Å². The minimum Gasteiger partial charge on any atom is -0.474 e. The van der Waals surface area contributed by atoms with Crippen molar-refractivity contribution in [2.45, 2.75) is 17.5 Å². The highest BCUT2D eigenvalue weighted by Crippen LogP contribution is 2.25. The average Bonchev–Trinajstić information content (AvgIpc) is 2.45. The van der Waals surface area contributed by atoms with Gasteiger partial charge in [-0.15, -0.1) is 0 Å². The number of nitrogens with two attached hydrogens (primary N) is 1. The highest BCUT2D eigenvalue weighted by molar-refractivity contribution is 7.89. The van der Waals surface area contributed by atoms with Gasteiger partial charge in [-0.25, -0.2) is 18.2 Å². The Bertz CT molecular complexity index is 452. The fraction of sp³-hybridized carbons (Fsp3) is 0.500. The Morgan fingerprint density at radius 3 is 3.07 bits per heavy atom. The van der Waals surface area contributed by atoms with Crippen molar-refractivity contribution in [3.8, 4) is 5.88 Å². The molecule has 0 bridgehead atoms. The Morgan fingerprint density at radius 2 is 2.43 bits per heavy atom. The van der Waals surface area contributed by atoms with Crippen molar-refractivity contribution >= 4 is 10.0 Å². The van der Waals surface area contributed by atoms with Crippen LogP contribution < -0.4 is 9.88 Å². The van der Waals surface area contributed by atoms with Crippen LogP contribution in [0.15, 0.2) is 11.1 Å². The lowest BCUT2D eigenvalue weighted by atomic mass is 10.3. The molecule has 2 rings (SSSR count). The van der Waals surface area contributed by atoms with E-state index < -0.39 is 16.1 Å². The van der Waals surface area contributed by atoms with E-state index in [1.54, 1.807) is 0 Å². The summed E-state index contributed by atoms with van der Waals surface area (Å²) in [5, 5.41) is 17.9. The number of fused-ring (bicyclic) bond motifs is 1. The molecule has 0 saturated heterocycles. The van der Waals surface area contributed by atoms with Gasteiger partial charge in [0.2, 0.25) is 15.9 Å². The number of aliphatic hydroxyl groups is 1. The molecule has 1 aromatic heterocycles. The number of rotatable bonds is 1. The van der Waals surface area contributed by atoms with Gasteiger partial charge in [0.15, 0.2) is 4.90 Å². The van der Waals surface area contributed by atoms with Crippen LogP contribution in [-0.2, 0) is 16.6 Å². The van der Waals surface area contributed by atoms with Gasteiger partial charge in [0.25, 0.3) is 0 Å². The zero-order valence-corrected chi connectivity index (χ0v) is 7.94. The van der Waals surface area contributed by atoms with Crippen molar-refractivity contribution in [1.29, 1.82) is 0 Å². The van der Waals surface area contributed by atoms with Crippen LogP contribution in [0.3, 0.4) is 0 Å². The van der Waals surface area contributed by atoms with Crippen LogP contribution in [0.2, 0.25) is 0 Å². The molecule has 1 aliphatic heterocycles. The number of hydrogen-bond acceptors (Lipinski definition) is 5. The van der Waals surface area contributed by atoms with Gasteiger partial charge in [-0.1, -0.05) is 0 Å². The number of primary sulfonamides is 1. The topological polar surface area (TPSA) is 107 Å². The van der Waals surface area contributed by atoms with Crippen LogP contribution in [0, 0.1) is 0 Å². The largest absolute Gasteiger partial charge is 0.474 e. The van der Waals surface area contributed by atoms with Crippen LogP contribution in [0.25, 0.3) is 0 Å². The summed E-state index contributed by atoms with van der Waals surface area (Å²) in [5.74, 6) is 0.0952. The van der Waals surface area contributed by atoms with Gasteiger partial charge in [0.05, 0.1) is 12.7 Å². The molecule has 0 amide bonds. The lowest BCUT2D eigenvalue weighted by molar-refractivity contribution is 0.0537. The maximum Gasteiger partial charge on any atom is 0.245 e. The number of aromatic nitrogens is 2. The monoisotopic (exact) mass is 219 g/mol. The molecule has 0 aliphatic carbocycles. The van der Waals surface area contributed by atoms with E-state index in [1.165, 1.54) is 4.68 Å². The molecule has 2 heterocycles. The molecule has 0 unspecified atom stereocenters. The van der Waals surface area contributed by atoms with Crippen molar-refractivity contribution < 1.29 is 18.3 Å². The van der Waals surface area contributed by atoms with Crippen molar-refractivity contribution in [2.24, 2.45) is 5.14 Å². The van der Waals surface area contributed by atoms with E-state index in [1.807, 2.05) is 0 Å². The van der Waals surface area contributed by atoms with E-state index in [0.717, 1.165) is 6.20 Å². The highest BCUT2D eigenvalue weighted by atomic mass is 32.2. The van der Waals surface area contributed by atoms with E-state index >= 15 is 0 Å². The molecule has 14 heavy (non-hydrogen) atoms. The first-order valence-corrected chi connectivity index (χ1v) is 5.42. The third kappa shape index (κ3) is 1.47. The van der Waals surface area contributed by atoms with Crippen molar-refractivity contribution in [3.63, 3.8) is 0 Å². The lowest BCUT2D eigenvalue weighted by Gasteiger charge is -2.20. The summed E-state index contributed by atoms with van der Waals surface area (Å²) in [6.07, 6.45) is 0.443. The molecule has 3 N–H and O–H groups in total. The van der Waals surface area contributed by atoms with Gasteiger partial charge >= 0.3 is 0 Å². The summed E-state index contributed by atoms with van der Waals surface area (Å²) >= 11 is 0. The number of nitrogens with zero attached hydrogens (tertiary/aromatic N) is 2. The van der Waals surface area contributed by atoms with Crippen LogP contribution in [0.1, 0.15) is 0 Å². The smallest absolute Gasteiger partial charge is 0.245 e. The first-order valence-electron chi connectivity index (χ1n) is 3.88. The second-order valence-electron chi connectivity index (χ2n) is 3.01. The molecule has 0 aromatic carbocycles. The second kappa shape index (κ2) is 2.94. The van der Waals surface area contributed by atoms with Crippen LogP contribution >= 0.6 is 0 Å². The van der Waals surface area contributed by atoms with Gasteiger partial charge in [0.1, 0.15) is 12.7 Å². The molecule has 0 radical (unpaired) electrons. The van der Waals surface area contributed by atoms with E-state index in [-0.39, 0.29) is 23.9 Å². The van der Waals surface area contributed by atoms with Crippen LogP contribution in [0.4, 0.5) is 0 Å². The second-order valence-corrected chi connectivity index (χ2v) is 4.54. The lowest BCUT2D eigenvalue weighted by Crippen LogP contribution is -2.30. The number of hydrogen-bond donors (Lipinski definition) is 2. The van der Waals surface area contributed by atoms with Gasteiger partial charge < -0.3 is 9.84 Å². The molecule has 7 nitrogen and oxygen atoms in total. The Kier molecular flexibility index (Phi) is 1.98. The van der Waals surface area contributed by atoms with Crippen molar-refractivity contribution in [1.82, 2.24) is 9.78 Å². The highest BCUT2D eigenvalue weighted by Gasteiger charge is 2.26. The van der Waals surface area contributed by atoms with Crippen molar-refractivity contribution in [2.75, 3.05) is 6.61 Å². The van der Waals surface area contributed by atoms with Crippen LogP contribution in [-0.4, -0.2) is 36.0 Å². The fourth-order valence-electron chi connectivity index (χ4n) is 1.26. The maximum atomic E-state index is 11.0.